The van der Waals surface area contributed by atoms with Crippen molar-refractivity contribution in [3.63, 3.8) is 0 Å². The SMILES string of the molecule is CCCCCCCCCCCCCCCCCCOCCCOP(=O)(CCCNCc1c[nH]c2c(=O)[nH]cnc12)OCCCOCCCCCCCCCCCCCCCCCC. The third-order valence-electron chi connectivity index (χ3n) is 12.4. The first-order chi connectivity index (χ1) is 31.1. The van der Waals surface area contributed by atoms with E-state index in [0.717, 1.165) is 31.6 Å². The Morgan fingerprint density at radius 3 is 1.29 bits per heavy atom. The zero-order chi connectivity index (χ0) is 45.0. The number of ether oxygens (including phenoxy) is 2. The van der Waals surface area contributed by atoms with Crippen LogP contribution in [-0.4, -0.2) is 67.3 Å². The maximum atomic E-state index is 13.8. The minimum Gasteiger partial charge on any atom is -0.381 e. The number of aromatic nitrogens is 3. The lowest BCUT2D eigenvalue weighted by molar-refractivity contribution is 0.102. The molecule has 0 fully saturated rings. The van der Waals surface area contributed by atoms with Crippen molar-refractivity contribution >= 4 is 18.6 Å². The van der Waals surface area contributed by atoms with Gasteiger partial charge in [-0.3, -0.25) is 9.36 Å². The first-order valence-corrected chi connectivity index (χ1v) is 28.6. The van der Waals surface area contributed by atoms with Crippen molar-refractivity contribution < 1.29 is 23.1 Å². The van der Waals surface area contributed by atoms with E-state index in [-0.39, 0.29) is 5.56 Å². The number of hydrogen-bond donors (Lipinski definition) is 3. The summed E-state index contributed by atoms with van der Waals surface area (Å²) in [5.74, 6) is 0. The number of nitrogens with zero attached hydrogens (tertiary/aromatic N) is 1. The van der Waals surface area contributed by atoms with Crippen LogP contribution in [0, 0.1) is 0 Å². The zero-order valence-electron chi connectivity index (χ0n) is 41.1. The first-order valence-electron chi connectivity index (χ1n) is 26.9. The molecule has 11 heteroatoms. The molecule has 0 atom stereocenters. The van der Waals surface area contributed by atoms with Gasteiger partial charge in [-0.1, -0.05) is 206 Å². The highest BCUT2D eigenvalue weighted by Crippen LogP contribution is 2.48. The molecule has 2 aromatic rings. The Bertz CT molecular complexity index is 1320. The van der Waals surface area contributed by atoms with Gasteiger partial charge in [-0.25, -0.2) is 4.98 Å². The first kappa shape index (κ1) is 57.6. The van der Waals surface area contributed by atoms with Gasteiger partial charge in [-0.15, -0.1) is 0 Å². The van der Waals surface area contributed by atoms with Gasteiger partial charge in [0.15, 0.2) is 0 Å². The van der Waals surface area contributed by atoms with E-state index in [1.54, 1.807) is 0 Å². The molecule has 3 N–H and O–H groups in total. The van der Waals surface area contributed by atoms with Gasteiger partial charge in [-0.2, -0.15) is 0 Å². The number of aromatic amines is 2. The van der Waals surface area contributed by atoms with Crippen LogP contribution in [0.5, 0.6) is 0 Å². The molecular formula is C52H99N4O6P. The maximum Gasteiger partial charge on any atom is 0.330 e. The summed E-state index contributed by atoms with van der Waals surface area (Å²) >= 11 is 0. The van der Waals surface area contributed by atoms with Gasteiger partial charge in [0.05, 0.1) is 31.2 Å². The predicted molar refractivity (Wildman–Crippen MR) is 267 cm³/mol. The zero-order valence-corrected chi connectivity index (χ0v) is 42.0. The summed E-state index contributed by atoms with van der Waals surface area (Å²) in [7, 11) is -3.27. The standard InChI is InChI=1S/C52H99N4O6P/c1-3-5-7-9-11-13-15-17-19-21-23-25-27-29-31-33-39-59-41-36-43-61-63(58,45-35-38-53-46-49-47-54-51-50(49)55-48-56-52(51)57)62-44-37-42-60-40-34-32-30-28-26-24-22-20-18-16-14-12-10-8-6-4-2/h47-48,53-54H,3-46H2,1-2H3,(H,55,56,57). The second-order valence-electron chi connectivity index (χ2n) is 18.3. The van der Waals surface area contributed by atoms with E-state index < -0.39 is 7.60 Å². The molecule has 0 saturated carbocycles. The number of rotatable bonds is 50. The van der Waals surface area contributed by atoms with Gasteiger partial charge in [0.2, 0.25) is 0 Å². The number of fused-ring (bicyclic) bond motifs is 1. The minimum absolute atomic E-state index is 0.183. The molecule has 0 unspecified atom stereocenters. The molecule has 0 spiro atoms. The van der Waals surface area contributed by atoms with Crippen molar-refractivity contribution in [3.8, 4) is 0 Å². The third kappa shape index (κ3) is 33.6. The summed E-state index contributed by atoms with van der Waals surface area (Å²) < 4.78 is 37.5. The summed E-state index contributed by atoms with van der Waals surface area (Å²) in [4.78, 5) is 21.9. The number of H-pyrrole nitrogens is 2. The Balaban J connectivity index is 1.50. The van der Waals surface area contributed by atoms with E-state index in [2.05, 4.69) is 34.1 Å². The van der Waals surface area contributed by atoms with Gasteiger partial charge < -0.3 is 33.8 Å². The van der Waals surface area contributed by atoms with E-state index in [0.29, 0.717) is 76.0 Å². The van der Waals surface area contributed by atoms with Crippen LogP contribution in [0.25, 0.3) is 11.0 Å². The lowest BCUT2D eigenvalue weighted by Gasteiger charge is -2.19. The van der Waals surface area contributed by atoms with Gasteiger partial charge in [-0.05, 0) is 38.6 Å². The number of hydrogen-bond acceptors (Lipinski definition) is 8. The average molecular weight is 907 g/mol. The predicted octanol–water partition coefficient (Wildman–Crippen LogP) is 15.3. The smallest absolute Gasteiger partial charge is 0.330 e. The fourth-order valence-electron chi connectivity index (χ4n) is 8.36. The molecule has 2 rings (SSSR count). The Labute approximate surface area is 386 Å². The molecule has 0 amide bonds. The second-order valence-corrected chi connectivity index (χ2v) is 20.5. The quantitative estimate of drug-likeness (QED) is 0.0442. The Morgan fingerprint density at radius 1 is 0.492 bits per heavy atom. The van der Waals surface area contributed by atoms with Crippen LogP contribution in [-0.2, 0) is 29.6 Å². The van der Waals surface area contributed by atoms with E-state index in [1.165, 1.54) is 199 Å². The molecule has 0 saturated heterocycles. The Kier molecular flexibility index (Phi) is 39.3. The Hall–Kier alpha value is -1.55. The molecule has 0 aliphatic rings. The topological polar surface area (TPSA) is 128 Å². The molecule has 368 valence electrons. The monoisotopic (exact) mass is 907 g/mol. The average Bonchev–Trinajstić information content (AvgIpc) is 3.71. The fraction of sp³-hybridized carbons (Fsp3) is 0.885. The van der Waals surface area contributed by atoms with Crippen molar-refractivity contribution in [2.24, 2.45) is 0 Å². The molecule has 0 aromatic carbocycles. The van der Waals surface area contributed by atoms with Crippen molar-refractivity contribution in [1.29, 1.82) is 0 Å². The van der Waals surface area contributed by atoms with Crippen LogP contribution in [0.15, 0.2) is 17.3 Å². The molecule has 0 bridgehead atoms. The number of nitrogens with one attached hydrogen (secondary N) is 3. The van der Waals surface area contributed by atoms with Gasteiger partial charge in [0.25, 0.3) is 5.56 Å². The van der Waals surface area contributed by atoms with Crippen LogP contribution in [0.2, 0.25) is 0 Å². The van der Waals surface area contributed by atoms with Gasteiger partial charge in [0.1, 0.15) is 5.52 Å². The van der Waals surface area contributed by atoms with Crippen LogP contribution in [0.3, 0.4) is 0 Å². The lowest BCUT2D eigenvalue weighted by Crippen LogP contribution is -2.17. The minimum atomic E-state index is -3.27. The van der Waals surface area contributed by atoms with E-state index in [9.17, 15) is 9.36 Å². The highest BCUT2D eigenvalue weighted by atomic mass is 31.2. The largest absolute Gasteiger partial charge is 0.381 e. The Morgan fingerprint density at radius 2 is 0.873 bits per heavy atom. The van der Waals surface area contributed by atoms with Crippen LogP contribution in [0.1, 0.15) is 244 Å². The third-order valence-corrected chi connectivity index (χ3v) is 14.4. The van der Waals surface area contributed by atoms with Crippen molar-refractivity contribution in [1.82, 2.24) is 20.3 Å². The van der Waals surface area contributed by atoms with Crippen LogP contribution < -0.4 is 10.9 Å². The van der Waals surface area contributed by atoms with E-state index >= 15 is 0 Å². The normalized spacial score (nSPS) is 12.0. The van der Waals surface area contributed by atoms with Gasteiger partial charge >= 0.3 is 7.60 Å². The van der Waals surface area contributed by atoms with E-state index in [1.807, 2.05) is 6.20 Å². The summed E-state index contributed by atoms with van der Waals surface area (Å²) in [5, 5.41) is 3.39. The molecule has 0 radical (unpaired) electrons. The molecule has 2 heterocycles. The number of unbranched alkanes of at least 4 members (excludes halogenated alkanes) is 30. The second kappa shape index (κ2) is 43.0. The highest BCUT2D eigenvalue weighted by Gasteiger charge is 2.24. The molecule has 10 nitrogen and oxygen atoms in total. The van der Waals surface area contributed by atoms with Gasteiger partial charge in [0, 0.05) is 44.7 Å². The fourth-order valence-corrected chi connectivity index (χ4v) is 10.1. The molecule has 0 aliphatic carbocycles. The van der Waals surface area contributed by atoms with Crippen molar-refractivity contribution in [3.05, 3.63) is 28.4 Å². The van der Waals surface area contributed by atoms with Crippen LogP contribution >= 0.6 is 7.60 Å². The summed E-state index contributed by atoms with van der Waals surface area (Å²) in [6.45, 7) is 9.24. The van der Waals surface area contributed by atoms with Crippen LogP contribution in [0.4, 0.5) is 0 Å². The molecule has 0 aliphatic heterocycles. The summed E-state index contributed by atoms with van der Waals surface area (Å²) in [5.41, 5.74) is 1.88. The highest BCUT2D eigenvalue weighted by molar-refractivity contribution is 7.53. The van der Waals surface area contributed by atoms with Crippen molar-refractivity contribution in [2.75, 3.05) is 52.3 Å². The van der Waals surface area contributed by atoms with Crippen molar-refractivity contribution in [2.45, 2.75) is 245 Å². The molecule has 2 aromatic heterocycles. The van der Waals surface area contributed by atoms with E-state index in [4.69, 9.17) is 18.5 Å². The molecular weight excluding hydrogens is 808 g/mol. The maximum absolute atomic E-state index is 13.8. The summed E-state index contributed by atoms with van der Waals surface area (Å²) in [6, 6.07) is 0. The summed E-state index contributed by atoms with van der Waals surface area (Å²) in [6.07, 6.45) is 49.3. The lowest BCUT2D eigenvalue weighted by atomic mass is 10.0. The molecule has 63 heavy (non-hydrogen) atoms.